The summed E-state index contributed by atoms with van der Waals surface area (Å²) in [7, 11) is 0. The van der Waals surface area contributed by atoms with Crippen LogP contribution >= 0.6 is 0 Å². The fourth-order valence-electron chi connectivity index (χ4n) is 1.89. The number of nitriles is 3. The first-order valence-corrected chi connectivity index (χ1v) is 11.3. The van der Waals surface area contributed by atoms with E-state index in [0.29, 0.717) is 18.0 Å². The van der Waals surface area contributed by atoms with Gasteiger partial charge in [-0.15, -0.1) is 0 Å². The lowest BCUT2D eigenvalue weighted by molar-refractivity contribution is 0.268. The number of nitrogens with two attached hydrogens (primary N) is 2. The monoisotopic (exact) mass is 475 g/mol. The number of nitrogens with zero attached hydrogens (tertiary/aromatic N) is 6. The molecule has 5 N–H and O–H groups in total. The summed E-state index contributed by atoms with van der Waals surface area (Å²) in [6, 6.07) is 5.30. The van der Waals surface area contributed by atoms with E-state index >= 15 is 0 Å². The van der Waals surface area contributed by atoms with Gasteiger partial charge in [-0.3, -0.25) is 11.3 Å². The summed E-state index contributed by atoms with van der Waals surface area (Å²) in [6.07, 6.45) is 2.64. The van der Waals surface area contributed by atoms with Crippen LogP contribution in [-0.4, -0.2) is 46.5 Å². The number of rotatable bonds is 5. The normalized spacial score (nSPS) is 9.91. The summed E-state index contributed by atoms with van der Waals surface area (Å²) in [4.78, 5) is 2.38. The molecule has 0 fully saturated rings. The van der Waals surface area contributed by atoms with Crippen molar-refractivity contribution >= 4 is 5.82 Å². The molecule has 1 aromatic heterocycles. The molecule has 0 aromatic carbocycles. The average molecular weight is 476 g/mol. The smallest absolute Gasteiger partial charge is 0.163 e. The van der Waals surface area contributed by atoms with E-state index in [2.05, 4.69) is 40.9 Å². The van der Waals surface area contributed by atoms with E-state index in [4.69, 9.17) is 27.4 Å². The van der Waals surface area contributed by atoms with Crippen molar-refractivity contribution in [1.29, 1.82) is 15.8 Å². The van der Waals surface area contributed by atoms with E-state index in [1.165, 1.54) is 25.8 Å². The van der Waals surface area contributed by atoms with Gasteiger partial charge in [0.2, 0.25) is 0 Å². The Morgan fingerprint density at radius 3 is 1.68 bits per heavy atom. The Labute approximate surface area is 206 Å². The molecule has 0 spiro atoms. The molecule has 192 valence electrons. The third kappa shape index (κ3) is 18.5. The second kappa shape index (κ2) is 19.4. The highest BCUT2D eigenvalue weighted by molar-refractivity contribution is 5.47. The van der Waals surface area contributed by atoms with Crippen LogP contribution in [0.5, 0.6) is 0 Å². The fourth-order valence-corrected chi connectivity index (χ4v) is 1.89. The Morgan fingerprint density at radius 2 is 1.50 bits per heavy atom. The van der Waals surface area contributed by atoms with Crippen molar-refractivity contribution < 1.29 is 4.74 Å². The Bertz CT molecular complexity index is 784. The lowest BCUT2D eigenvalue weighted by atomic mass is 10.1. The van der Waals surface area contributed by atoms with E-state index in [1.807, 2.05) is 47.6 Å². The van der Waals surface area contributed by atoms with Crippen molar-refractivity contribution in [2.75, 3.05) is 32.0 Å². The fraction of sp³-hybridized carbons (Fsp3) is 0.667. The van der Waals surface area contributed by atoms with Gasteiger partial charge >= 0.3 is 0 Å². The molecule has 0 aliphatic rings. The summed E-state index contributed by atoms with van der Waals surface area (Å²) in [6.45, 7) is 24.4. The summed E-state index contributed by atoms with van der Waals surface area (Å²) in [5.41, 5.74) is 8.62. The van der Waals surface area contributed by atoms with Crippen LogP contribution in [0.15, 0.2) is 18.0 Å². The average Bonchev–Trinajstić information content (AvgIpc) is 3.17. The van der Waals surface area contributed by atoms with Crippen LogP contribution in [0.25, 0.3) is 0 Å². The molecular weight excluding hydrogens is 430 g/mol. The minimum absolute atomic E-state index is 0.00292. The predicted molar refractivity (Wildman–Crippen MR) is 138 cm³/mol. The third-order valence-electron chi connectivity index (χ3n) is 3.95. The SMILES string of the molecule is CC(C)(C)NN.CC(C)(C)n1ncc(C#N)c1N.CCN(CC)CC.CCOC=C(C#N)C#N. The molecule has 10 heteroatoms. The van der Waals surface area contributed by atoms with Crippen molar-refractivity contribution in [2.24, 2.45) is 5.84 Å². The molecule has 0 atom stereocenters. The Balaban J connectivity index is -0.000000393. The number of nitrogen functional groups attached to an aromatic ring is 1. The zero-order valence-corrected chi connectivity index (χ0v) is 22.7. The molecule has 10 nitrogen and oxygen atoms in total. The van der Waals surface area contributed by atoms with Gasteiger partial charge < -0.3 is 15.4 Å². The molecule has 0 saturated heterocycles. The van der Waals surface area contributed by atoms with Gasteiger partial charge in [-0.1, -0.05) is 20.8 Å². The number of nitrogens with one attached hydrogen (secondary N) is 1. The number of aromatic nitrogens is 2. The third-order valence-corrected chi connectivity index (χ3v) is 3.95. The molecule has 1 heterocycles. The first kappa shape index (κ1) is 35.5. The predicted octanol–water partition coefficient (Wildman–Crippen LogP) is 3.64. The van der Waals surface area contributed by atoms with Crippen LogP contribution in [0.4, 0.5) is 5.82 Å². The standard InChI is InChI=1S/C8H12N4.C6H6N2O.C6H15N.C4H12N2/c1-8(2,3)12-7(10)6(4-9)5-11-12;1-2-9-5-6(3-7)4-8;1-4-7(5-2)6-3;1-4(2,3)6-5/h5H,10H2,1-3H3;5H,2H2,1H3;4-6H2,1-3H3;6H,5H2,1-3H3. The molecule has 0 saturated carbocycles. The number of hydrogen-bond donors (Lipinski definition) is 3. The second-order valence-electron chi connectivity index (χ2n) is 8.86. The van der Waals surface area contributed by atoms with Gasteiger partial charge in [-0.25, -0.2) is 4.68 Å². The van der Waals surface area contributed by atoms with Crippen LogP contribution in [0.3, 0.4) is 0 Å². The van der Waals surface area contributed by atoms with Gasteiger partial charge in [0.15, 0.2) is 5.57 Å². The highest BCUT2D eigenvalue weighted by Crippen LogP contribution is 2.19. The number of hydrazine groups is 1. The topological polar surface area (TPSA) is 166 Å². The quantitative estimate of drug-likeness (QED) is 0.249. The maximum Gasteiger partial charge on any atom is 0.163 e. The number of anilines is 1. The van der Waals surface area contributed by atoms with Gasteiger partial charge in [-0.05, 0) is 68.1 Å². The molecule has 1 rings (SSSR count). The van der Waals surface area contributed by atoms with Crippen LogP contribution in [0.1, 0.15) is 74.8 Å². The van der Waals surface area contributed by atoms with E-state index in [1.54, 1.807) is 23.7 Å². The first-order valence-electron chi connectivity index (χ1n) is 11.3. The summed E-state index contributed by atoms with van der Waals surface area (Å²) < 4.78 is 6.31. The number of allylic oxidation sites excluding steroid dienone is 1. The highest BCUT2D eigenvalue weighted by Gasteiger charge is 2.18. The molecule has 0 amide bonds. The van der Waals surface area contributed by atoms with Crippen molar-refractivity contribution in [1.82, 2.24) is 20.1 Å². The second-order valence-corrected chi connectivity index (χ2v) is 8.86. The van der Waals surface area contributed by atoms with Crippen LogP contribution < -0.4 is 17.0 Å². The highest BCUT2D eigenvalue weighted by atomic mass is 16.5. The molecule has 0 aliphatic carbocycles. The molecule has 0 unspecified atom stereocenters. The van der Waals surface area contributed by atoms with Crippen LogP contribution in [0.2, 0.25) is 0 Å². The van der Waals surface area contributed by atoms with Crippen molar-refractivity contribution in [2.45, 2.75) is 80.3 Å². The first-order chi connectivity index (χ1) is 15.7. The molecule has 0 aliphatic heterocycles. The zero-order valence-electron chi connectivity index (χ0n) is 22.7. The molecule has 0 radical (unpaired) electrons. The Hall–Kier alpha value is -3.10. The minimum Gasteiger partial charge on any atom is -0.499 e. The van der Waals surface area contributed by atoms with Gasteiger partial charge in [0.05, 0.1) is 18.3 Å². The number of hydrogen-bond acceptors (Lipinski definition) is 9. The van der Waals surface area contributed by atoms with Crippen molar-refractivity contribution in [3.63, 3.8) is 0 Å². The Morgan fingerprint density at radius 1 is 1.06 bits per heavy atom. The van der Waals surface area contributed by atoms with E-state index < -0.39 is 0 Å². The van der Waals surface area contributed by atoms with Crippen molar-refractivity contribution in [3.8, 4) is 18.2 Å². The van der Waals surface area contributed by atoms with E-state index in [-0.39, 0.29) is 16.7 Å². The maximum atomic E-state index is 8.61. The minimum atomic E-state index is -0.167. The lowest BCUT2D eigenvalue weighted by Crippen LogP contribution is -2.41. The van der Waals surface area contributed by atoms with Crippen molar-refractivity contribution in [3.05, 3.63) is 23.6 Å². The summed E-state index contributed by atoms with van der Waals surface area (Å²) >= 11 is 0. The summed E-state index contributed by atoms with van der Waals surface area (Å²) in [5, 5.41) is 28.9. The van der Waals surface area contributed by atoms with Gasteiger partial charge in [0.25, 0.3) is 0 Å². The lowest BCUT2D eigenvalue weighted by Gasteiger charge is -2.20. The van der Waals surface area contributed by atoms with E-state index in [0.717, 1.165) is 6.26 Å². The van der Waals surface area contributed by atoms with Gasteiger partial charge in [-0.2, -0.15) is 20.9 Å². The van der Waals surface area contributed by atoms with Gasteiger partial charge in [0.1, 0.15) is 35.9 Å². The molecule has 1 aromatic rings. The van der Waals surface area contributed by atoms with Crippen LogP contribution in [0, 0.1) is 34.0 Å². The van der Waals surface area contributed by atoms with Crippen LogP contribution in [-0.2, 0) is 10.3 Å². The molecule has 34 heavy (non-hydrogen) atoms. The zero-order chi connectivity index (χ0) is 27.4. The number of ether oxygens (including phenoxy) is 1. The van der Waals surface area contributed by atoms with Gasteiger partial charge in [0, 0.05) is 5.54 Å². The Kier molecular flexibility index (Phi) is 20.2. The maximum absolute atomic E-state index is 8.61. The largest absolute Gasteiger partial charge is 0.499 e. The molecular formula is C24H45N9O. The molecule has 0 bridgehead atoms. The van der Waals surface area contributed by atoms with E-state index in [9.17, 15) is 0 Å². The summed E-state index contributed by atoms with van der Waals surface area (Å²) in [5.74, 6) is 5.49.